The van der Waals surface area contributed by atoms with Crippen LogP contribution in [0.1, 0.15) is 39.4 Å². The highest BCUT2D eigenvalue weighted by Crippen LogP contribution is 2.16. The van der Waals surface area contributed by atoms with Crippen LogP contribution in [-0.2, 0) is 12.8 Å². The van der Waals surface area contributed by atoms with Crippen LogP contribution in [0.2, 0.25) is 0 Å². The van der Waals surface area contributed by atoms with E-state index >= 15 is 0 Å². The number of hydrogen-bond donors (Lipinski definition) is 0. The lowest BCUT2D eigenvalue weighted by atomic mass is 10.2. The molecule has 0 aliphatic carbocycles. The minimum Gasteiger partial charge on any atom is -0.360 e. The molecule has 0 fully saturated rings. The molecule has 7 nitrogen and oxygen atoms in total. The van der Waals surface area contributed by atoms with Crippen molar-refractivity contribution in [2.75, 3.05) is 0 Å². The summed E-state index contributed by atoms with van der Waals surface area (Å²) >= 11 is 1.59. The molecule has 8 heteroatoms. The third-order valence-electron chi connectivity index (χ3n) is 2.88. The first-order valence-corrected chi connectivity index (χ1v) is 7.11. The van der Waals surface area contributed by atoms with Crippen molar-refractivity contribution in [1.29, 1.82) is 5.26 Å². The minimum absolute atomic E-state index is 0.281. The molecule has 0 bridgehead atoms. The Kier molecular flexibility index (Phi) is 3.50. The van der Waals surface area contributed by atoms with Crippen molar-refractivity contribution in [3.63, 3.8) is 0 Å². The summed E-state index contributed by atoms with van der Waals surface area (Å²) in [5, 5.41) is 19.8. The van der Waals surface area contributed by atoms with Crippen LogP contribution < -0.4 is 0 Å². The molecule has 0 aromatic carbocycles. The molecule has 3 rings (SSSR count). The Bertz CT molecular complexity index is 811. The summed E-state index contributed by atoms with van der Waals surface area (Å²) in [7, 11) is 0. The molecule has 3 aromatic rings. The fourth-order valence-corrected chi connectivity index (χ4v) is 2.52. The highest BCUT2D eigenvalue weighted by Gasteiger charge is 2.16. The van der Waals surface area contributed by atoms with Gasteiger partial charge in [-0.05, 0) is 13.8 Å². The molecule has 0 radical (unpaired) electrons. The van der Waals surface area contributed by atoms with Crippen LogP contribution in [0, 0.1) is 25.2 Å². The number of aryl methyl sites for hydroxylation is 2. The van der Waals surface area contributed by atoms with Gasteiger partial charge in [-0.25, -0.2) is 4.98 Å². The van der Waals surface area contributed by atoms with Gasteiger partial charge in [-0.2, -0.15) is 10.2 Å². The Morgan fingerprint density at radius 3 is 2.76 bits per heavy atom. The Hall–Kier alpha value is -2.53. The van der Waals surface area contributed by atoms with Crippen LogP contribution in [0.4, 0.5) is 0 Å². The maximum atomic E-state index is 9.04. The first kappa shape index (κ1) is 13.5. The summed E-state index contributed by atoms with van der Waals surface area (Å²) in [6.07, 6.45) is 0.806. The number of rotatable bonds is 4. The van der Waals surface area contributed by atoms with Crippen LogP contribution in [0.15, 0.2) is 14.4 Å². The molecule has 0 N–H and O–H groups in total. The first-order chi connectivity index (χ1) is 10.2. The quantitative estimate of drug-likeness (QED) is 0.727. The Morgan fingerprint density at radius 2 is 2.05 bits per heavy atom. The van der Waals surface area contributed by atoms with Gasteiger partial charge < -0.3 is 9.05 Å². The molecular formula is C13H11N5O2S. The SMILES string of the molecule is Cc1nc(Cc2noc(Cc3noc(C)c3C#N)n2)cs1. The third kappa shape index (κ3) is 2.83. The van der Waals surface area contributed by atoms with Crippen molar-refractivity contribution in [2.45, 2.75) is 26.7 Å². The van der Waals surface area contributed by atoms with Gasteiger partial charge in [-0.3, -0.25) is 0 Å². The third-order valence-corrected chi connectivity index (χ3v) is 3.70. The number of hydrogen-bond acceptors (Lipinski definition) is 8. The van der Waals surface area contributed by atoms with Gasteiger partial charge in [0.1, 0.15) is 17.3 Å². The van der Waals surface area contributed by atoms with Crippen LogP contribution in [-0.4, -0.2) is 20.3 Å². The molecular weight excluding hydrogens is 290 g/mol. The largest absolute Gasteiger partial charge is 0.360 e. The summed E-state index contributed by atoms with van der Waals surface area (Å²) in [5.41, 5.74) is 1.85. The van der Waals surface area contributed by atoms with E-state index in [9.17, 15) is 0 Å². The Balaban J connectivity index is 1.74. The normalized spacial score (nSPS) is 10.7. The molecule has 21 heavy (non-hydrogen) atoms. The van der Waals surface area contributed by atoms with Crippen LogP contribution >= 0.6 is 11.3 Å². The molecule has 0 atom stereocenters. The molecule has 0 saturated carbocycles. The summed E-state index contributed by atoms with van der Waals surface area (Å²) in [6.45, 7) is 3.64. The maximum Gasteiger partial charge on any atom is 0.232 e. The van der Waals surface area contributed by atoms with E-state index in [1.807, 2.05) is 12.3 Å². The number of nitriles is 1. The van der Waals surface area contributed by atoms with Gasteiger partial charge in [0.25, 0.3) is 0 Å². The molecule has 0 saturated heterocycles. The predicted octanol–water partition coefficient (Wildman–Crippen LogP) is 2.18. The van der Waals surface area contributed by atoms with Crippen LogP contribution in [0.25, 0.3) is 0 Å². The van der Waals surface area contributed by atoms with Gasteiger partial charge in [0.2, 0.25) is 5.89 Å². The van der Waals surface area contributed by atoms with E-state index in [1.165, 1.54) is 0 Å². The second-order valence-electron chi connectivity index (χ2n) is 4.49. The summed E-state index contributed by atoms with van der Waals surface area (Å²) in [4.78, 5) is 8.65. The van der Waals surface area contributed by atoms with Crippen molar-refractivity contribution < 1.29 is 9.05 Å². The molecule has 0 aliphatic heterocycles. The highest BCUT2D eigenvalue weighted by molar-refractivity contribution is 7.09. The van der Waals surface area contributed by atoms with Gasteiger partial charge in [0.15, 0.2) is 11.6 Å². The molecule has 0 amide bonds. The molecule has 0 spiro atoms. The molecule has 106 valence electrons. The standard InChI is InChI=1S/C13H11N5O2S/c1-7-10(5-14)11(17-19-7)4-13-16-12(18-20-13)3-9-6-21-8(2)15-9/h6H,3-4H2,1-2H3. The van der Waals surface area contributed by atoms with Gasteiger partial charge in [-0.1, -0.05) is 10.3 Å². The average Bonchev–Trinajstić information content (AvgIpc) is 3.14. The van der Waals surface area contributed by atoms with E-state index in [0.717, 1.165) is 10.7 Å². The topological polar surface area (TPSA) is 102 Å². The van der Waals surface area contributed by atoms with E-state index < -0.39 is 0 Å². The van der Waals surface area contributed by atoms with Crippen molar-refractivity contribution >= 4 is 11.3 Å². The fourth-order valence-electron chi connectivity index (χ4n) is 1.91. The Morgan fingerprint density at radius 1 is 1.19 bits per heavy atom. The zero-order valence-corrected chi connectivity index (χ0v) is 12.3. The molecule has 3 heterocycles. The van der Waals surface area contributed by atoms with Gasteiger partial charge in [0.05, 0.1) is 23.5 Å². The Labute approximate surface area is 124 Å². The zero-order valence-electron chi connectivity index (χ0n) is 11.5. The lowest BCUT2D eigenvalue weighted by Crippen LogP contribution is -1.94. The second kappa shape index (κ2) is 5.46. The lowest BCUT2D eigenvalue weighted by molar-refractivity contribution is 0.368. The van der Waals surface area contributed by atoms with E-state index in [0.29, 0.717) is 35.2 Å². The van der Waals surface area contributed by atoms with Crippen molar-refractivity contribution in [1.82, 2.24) is 20.3 Å². The second-order valence-corrected chi connectivity index (χ2v) is 5.55. The van der Waals surface area contributed by atoms with Gasteiger partial charge >= 0.3 is 0 Å². The first-order valence-electron chi connectivity index (χ1n) is 6.23. The smallest absolute Gasteiger partial charge is 0.232 e. The zero-order chi connectivity index (χ0) is 14.8. The summed E-state index contributed by atoms with van der Waals surface area (Å²) in [6, 6.07) is 2.06. The van der Waals surface area contributed by atoms with Crippen LogP contribution in [0.5, 0.6) is 0 Å². The highest BCUT2D eigenvalue weighted by atomic mass is 32.1. The molecule has 0 unspecified atom stereocenters. The lowest BCUT2D eigenvalue weighted by Gasteiger charge is -1.89. The van der Waals surface area contributed by atoms with E-state index in [-0.39, 0.29) is 6.42 Å². The molecule has 3 aromatic heterocycles. The summed E-state index contributed by atoms with van der Waals surface area (Å²) < 4.78 is 10.2. The number of nitrogens with zero attached hydrogens (tertiary/aromatic N) is 5. The van der Waals surface area contributed by atoms with Crippen molar-refractivity contribution in [3.05, 3.63) is 44.8 Å². The predicted molar refractivity (Wildman–Crippen MR) is 72.7 cm³/mol. The average molecular weight is 301 g/mol. The van der Waals surface area contributed by atoms with Crippen molar-refractivity contribution in [3.8, 4) is 6.07 Å². The fraction of sp³-hybridized carbons (Fsp3) is 0.308. The minimum atomic E-state index is 0.281. The molecule has 0 aliphatic rings. The number of thiazole rings is 1. The van der Waals surface area contributed by atoms with Crippen LogP contribution in [0.3, 0.4) is 0 Å². The summed E-state index contributed by atoms with van der Waals surface area (Å²) in [5.74, 6) is 1.46. The van der Waals surface area contributed by atoms with E-state index in [1.54, 1.807) is 18.3 Å². The monoisotopic (exact) mass is 301 g/mol. The van der Waals surface area contributed by atoms with Crippen molar-refractivity contribution in [2.24, 2.45) is 0 Å². The maximum absolute atomic E-state index is 9.04. The van der Waals surface area contributed by atoms with Gasteiger partial charge in [-0.15, -0.1) is 11.3 Å². The number of aromatic nitrogens is 4. The van der Waals surface area contributed by atoms with E-state index in [2.05, 4.69) is 26.4 Å². The van der Waals surface area contributed by atoms with Gasteiger partial charge in [0, 0.05) is 5.38 Å². The van der Waals surface area contributed by atoms with E-state index in [4.69, 9.17) is 14.3 Å².